The fourth-order valence-corrected chi connectivity index (χ4v) is 2.08. The van der Waals surface area contributed by atoms with Gasteiger partial charge in [0.05, 0.1) is 5.69 Å². The van der Waals surface area contributed by atoms with E-state index in [9.17, 15) is 9.59 Å². The van der Waals surface area contributed by atoms with Crippen LogP contribution in [-0.2, 0) is 24.8 Å². The van der Waals surface area contributed by atoms with Gasteiger partial charge in [0.1, 0.15) is 6.04 Å². The topological polar surface area (TPSA) is 96.3 Å². The lowest BCUT2D eigenvalue weighted by atomic mass is 9.99. The molecule has 0 aromatic carbocycles. The third kappa shape index (κ3) is 4.77. The van der Waals surface area contributed by atoms with Crippen molar-refractivity contribution in [1.29, 1.82) is 0 Å². The number of urea groups is 1. The first-order valence-corrected chi connectivity index (χ1v) is 7.17. The molecule has 0 aliphatic rings. The van der Waals surface area contributed by atoms with E-state index < -0.39 is 18.0 Å². The van der Waals surface area contributed by atoms with E-state index in [1.54, 1.807) is 11.6 Å². The number of carboxylic acid groups (broad SMARTS) is 1. The minimum Gasteiger partial charge on any atom is -0.480 e. The quantitative estimate of drug-likeness (QED) is 0.706. The standard InChI is InChI=1S/C14H24N4O3/c1-5-9(3)12(13(19)20)16-14(21)15-7-10-8-18(4)17-11(10)6-2/h8-9,12H,5-7H2,1-4H3,(H,19,20)(H2,15,16,21)/t9?,12-/m0/s1. The SMILES string of the molecule is CCc1nn(C)cc1CNC(=O)N[C@H](C(=O)O)C(C)CC. The van der Waals surface area contributed by atoms with Gasteiger partial charge in [-0.05, 0) is 12.3 Å². The first kappa shape index (κ1) is 17.0. The number of nitrogens with zero attached hydrogens (tertiary/aromatic N) is 2. The van der Waals surface area contributed by atoms with Gasteiger partial charge >= 0.3 is 12.0 Å². The fourth-order valence-electron chi connectivity index (χ4n) is 2.08. The Bertz CT molecular complexity index is 498. The summed E-state index contributed by atoms with van der Waals surface area (Å²) in [5, 5.41) is 18.6. The second-order valence-corrected chi connectivity index (χ2v) is 5.16. The van der Waals surface area contributed by atoms with E-state index in [2.05, 4.69) is 15.7 Å². The lowest BCUT2D eigenvalue weighted by Crippen LogP contribution is -2.48. The van der Waals surface area contributed by atoms with Gasteiger partial charge in [0.25, 0.3) is 0 Å². The minimum atomic E-state index is -1.02. The molecule has 0 saturated carbocycles. The van der Waals surface area contributed by atoms with Crippen LogP contribution in [0.1, 0.15) is 38.4 Å². The highest BCUT2D eigenvalue weighted by Crippen LogP contribution is 2.09. The average molecular weight is 296 g/mol. The molecule has 0 radical (unpaired) electrons. The van der Waals surface area contributed by atoms with Gasteiger partial charge in [-0.15, -0.1) is 0 Å². The fraction of sp³-hybridized carbons (Fsp3) is 0.643. The van der Waals surface area contributed by atoms with Crippen molar-refractivity contribution in [2.45, 2.75) is 46.2 Å². The van der Waals surface area contributed by atoms with Gasteiger partial charge in [-0.3, -0.25) is 4.68 Å². The third-order valence-electron chi connectivity index (χ3n) is 3.53. The molecule has 0 bridgehead atoms. The van der Waals surface area contributed by atoms with Gasteiger partial charge in [-0.2, -0.15) is 5.10 Å². The van der Waals surface area contributed by atoms with Crippen LogP contribution < -0.4 is 10.6 Å². The van der Waals surface area contributed by atoms with Crippen LogP contribution in [0, 0.1) is 5.92 Å². The van der Waals surface area contributed by atoms with E-state index in [1.165, 1.54) is 0 Å². The summed E-state index contributed by atoms with van der Waals surface area (Å²) in [6.45, 7) is 6.02. The number of nitrogens with one attached hydrogen (secondary N) is 2. The maximum Gasteiger partial charge on any atom is 0.326 e. The smallest absolute Gasteiger partial charge is 0.326 e. The number of aliphatic carboxylic acids is 1. The molecule has 0 aliphatic heterocycles. The van der Waals surface area contributed by atoms with Crippen molar-refractivity contribution in [1.82, 2.24) is 20.4 Å². The molecule has 3 N–H and O–H groups in total. The van der Waals surface area contributed by atoms with Gasteiger partial charge in [0.2, 0.25) is 0 Å². The molecular weight excluding hydrogens is 272 g/mol. The second kappa shape index (κ2) is 7.66. The van der Waals surface area contributed by atoms with Gasteiger partial charge in [-0.1, -0.05) is 27.2 Å². The molecule has 1 aromatic rings. The van der Waals surface area contributed by atoms with E-state index in [-0.39, 0.29) is 5.92 Å². The summed E-state index contributed by atoms with van der Waals surface area (Å²) in [6, 6.07) is -1.36. The molecule has 0 spiro atoms. The summed E-state index contributed by atoms with van der Waals surface area (Å²) in [5.41, 5.74) is 1.86. The van der Waals surface area contributed by atoms with Crippen LogP contribution in [0.2, 0.25) is 0 Å². The van der Waals surface area contributed by atoms with Crippen molar-refractivity contribution >= 4 is 12.0 Å². The first-order valence-electron chi connectivity index (χ1n) is 7.17. The highest BCUT2D eigenvalue weighted by atomic mass is 16.4. The van der Waals surface area contributed by atoms with Crippen LogP contribution in [0.25, 0.3) is 0 Å². The van der Waals surface area contributed by atoms with Crippen LogP contribution in [0.15, 0.2) is 6.20 Å². The number of carbonyl (C=O) groups is 2. The molecule has 0 fully saturated rings. The normalized spacial score (nSPS) is 13.5. The van der Waals surface area contributed by atoms with E-state index >= 15 is 0 Å². The van der Waals surface area contributed by atoms with E-state index in [0.717, 1.165) is 17.7 Å². The van der Waals surface area contributed by atoms with Crippen LogP contribution >= 0.6 is 0 Å². The number of aromatic nitrogens is 2. The molecular formula is C14H24N4O3. The summed E-state index contributed by atoms with van der Waals surface area (Å²) in [7, 11) is 1.83. The van der Waals surface area contributed by atoms with Crippen molar-refractivity contribution in [3.05, 3.63) is 17.5 Å². The number of hydrogen-bond donors (Lipinski definition) is 3. The minimum absolute atomic E-state index is 0.127. The zero-order valence-electron chi connectivity index (χ0n) is 13.0. The summed E-state index contributed by atoms with van der Waals surface area (Å²) in [5.74, 6) is -1.15. The summed E-state index contributed by atoms with van der Waals surface area (Å²) in [6.07, 6.45) is 3.31. The predicted molar refractivity (Wildman–Crippen MR) is 78.8 cm³/mol. The number of carbonyl (C=O) groups excluding carboxylic acids is 1. The van der Waals surface area contributed by atoms with Gasteiger partial charge in [-0.25, -0.2) is 9.59 Å². The molecule has 1 heterocycles. The number of aryl methyl sites for hydroxylation is 2. The molecule has 21 heavy (non-hydrogen) atoms. The molecule has 1 rings (SSSR count). The van der Waals surface area contributed by atoms with Gasteiger partial charge in [0, 0.05) is 25.4 Å². The van der Waals surface area contributed by atoms with Crippen LogP contribution in [0.3, 0.4) is 0 Å². The highest BCUT2D eigenvalue weighted by Gasteiger charge is 2.25. The number of carboxylic acids is 1. The maximum absolute atomic E-state index is 11.8. The molecule has 2 amide bonds. The van der Waals surface area contributed by atoms with Crippen LogP contribution in [0.4, 0.5) is 4.79 Å². The Balaban J connectivity index is 2.58. The zero-order valence-corrected chi connectivity index (χ0v) is 13.0. The zero-order chi connectivity index (χ0) is 16.0. The lowest BCUT2D eigenvalue weighted by molar-refractivity contribution is -0.140. The predicted octanol–water partition coefficient (Wildman–Crippen LogP) is 1.28. The van der Waals surface area contributed by atoms with Crippen molar-refractivity contribution in [2.75, 3.05) is 0 Å². The second-order valence-electron chi connectivity index (χ2n) is 5.16. The summed E-state index contributed by atoms with van der Waals surface area (Å²) >= 11 is 0. The van der Waals surface area contributed by atoms with E-state index in [1.807, 2.05) is 27.1 Å². The Morgan fingerprint density at radius 2 is 2.10 bits per heavy atom. The van der Waals surface area contributed by atoms with E-state index in [0.29, 0.717) is 13.0 Å². The van der Waals surface area contributed by atoms with Crippen molar-refractivity contribution in [3.8, 4) is 0 Å². The van der Waals surface area contributed by atoms with Gasteiger partial charge < -0.3 is 15.7 Å². The average Bonchev–Trinajstić information content (AvgIpc) is 2.81. The summed E-state index contributed by atoms with van der Waals surface area (Å²) in [4.78, 5) is 23.0. The van der Waals surface area contributed by atoms with Gasteiger partial charge in [0.15, 0.2) is 0 Å². The number of rotatable bonds is 7. The van der Waals surface area contributed by atoms with Crippen LogP contribution in [0.5, 0.6) is 0 Å². The van der Waals surface area contributed by atoms with Crippen LogP contribution in [-0.4, -0.2) is 32.9 Å². The Kier molecular flexibility index (Phi) is 6.20. The van der Waals surface area contributed by atoms with Crippen molar-refractivity contribution in [3.63, 3.8) is 0 Å². The Labute approximate surface area is 124 Å². The number of amides is 2. The molecule has 7 heteroatoms. The largest absolute Gasteiger partial charge is 0.480 e. The molecule has 0 saturated heterocycles. The molecule has 118 valence electrons. The van der Waals surface area contributed by atoms with Crippen molar-refractivity contribution in [2.24, 2.45) is 13.0 Å². The lowest BCUT2D eigenvalue weighted by Gasteiger charge is -2.20. The maximum atomic E-state index is 11.8. The third-order valence-corrected chi connectivity index (χ3v) is 3.53. The monoisotopic (exact) mass is 296 g/mol. The Hall–Kier alpha value is -2.05. The van der Waals surface area contributed by atoms with Crippen molar-refractivity contribution < 1.29 is 14.7 Å². The Morgan fingerprint density at radius 1 is 1.43 bits per heavy atom. The highest BCUT2D eigenvalue weighted by molar-refractivity contribution is 5.82. The molecule has 0 aliphatic carbocycles. The summed E-state index contributed by atoms with van der Waals surface area (Å²) < 4.78 is 1.70. The molecule has 7 nitrogen and oxygen atoms in total. The Morgan fingerprint density at radius 3 is 2.62 bits per heavy atom. The first-order chi connectivity index (χ1) is 9.88. The molecule has 2 atom stereocenters. The number of hydrogen-bond acceptors (Lipinski definition) is 3. The molecule has 1 unspecified atom stereocenters. The van der Waals surface area contributed by atoms with E-state index in [4.69, 9.17) is 5.11 Å². The molecule has 1 aromatic heterocycles.